The van der Waals surface area contributed by atoms with E-state index in [0.717, 1.165) is 32.1 Å². The van der Waals surface area contributed by atoms with E-state index in [2.05, 4.69) is 25.2 Å². The fourth-order valence-electron chi connectivity index (χ4n) is 1.75. The number of anilines is 3. The van der Waals surface area contributed by atoms with Gasteiger partial charge in [-0.2, -0.15) is 15.0 Å². The van der Waals surface area contributed by atoms with Crippen molar-refractivity contribution in [1.29, 1.82) is 0 Å². The van der Waals surface area contributed by atoms with Gasteiger partial charge in [0.15, 0.2) is 0 Å². The van der Waals surface area contributed by atoms with Crippen molar-refractivity contribution in [2.75, 3.05) is 69.1 Å². The number of hydrogen-bond acceptors (Lipinski definition) is 7. The fraction of sp³-hybridized carbons (Fsp3) is 0.727. The van der Waals surface area contributed by atoms with E-state index in [1.807, 2.05) is 38.0 Å². The van der Waals surface area contributed by atoms with E-state index in [1.165, 1.54) is 0 Å². The summed E-state index contributed by atoms with van der Waals surface area (Å²) in [6.07, 6.45) is 0. The fourth-order valence-corrected chi connectivity index (χ4v) is 1.75. The molecule has 2 rings (SSSR count). The Hall–Kier alpha value is -1.63. The molecule has 18 heavy (non-hydrogen) atoms. The van der Waals surface area contributed by atoms with E-state index in [1.54, 1.807) is 0 Å². The highest BCUT2D eigenvalue weighted by Gasteiger charge is 2.17. The zero-order valence-corrected chi connectivity index (χ0v) is 11.5. The first-order chi connectivity index (χ1) is 8.58. The van der Waals surface area contributed by atoms with Crippen LogP contribution in [0.4, 0.5) is 17.8 Å². The Morgan fingerprint density at radius 2 is 1.39 bits per heavy atom. The van der Waals surface area contributed by atoms with Crippen LogP contribution in [0.3, 0.4) is 0 Å². The molecule has 1 aromatic heterocycles. The van der Waals surface area contributed by atoms with Crippen LogP contribution in [-0.4, -0.2) is 69.3 Å². The maximum absolute atomic E-state index is 4.51. The highest BCUT2D eigenvalue weighted by Crippen LogP contribution is 2.16. The molecule has 7 nitrogen and oxygen atoms in total. The van der Waals surface area contributed by atoms with Crippen molar-refractivity contribution >= 4 is 17.8 Å². The maximum atomic E-state index is 4.51. The largest absolute Gasteiger partial charge is 0.347 e. The van der Waals surface area contributed by atoms with Crippen LogP contribution >= 0.6 is 0 Å². The molecular weight excluding hydrogens is 230 g/mol. The molecule has 7 heteroatoms. The van der Waals surface area contributed by atoms with E-state index in [-0.39, 0.29) is 0 Å². The quantitative estimate of drug-likeness (QED) is 0.770. The van der Waals surface area contributed by atoms with Crippen molar-refractivity contribution in [3.05, 3.63) is 0 Å². The van der Waals surface area contributed by atoms with E-state index in [0.29, 0.717) is 11.9 Å². The summed E-state index contributed by atoms with van der Waals surface area (Å²) in [6, 6.07) is 0. The van der Waals surface area contributed by atoms with Crippen LogP contribution in [0.5, 0.6) is 0 Å². The molecule has 0 amide bonds. The summed E-state index contributed by atoms with van der Waals surface area (Å²) in [5.41, 5.74) is 0. The molecule has 1 N–H and O–H groups in total. The first kappa shape index (κ1) is 12.8. The lowest BCUT2D eigenvalue weighted by molar-refractivity contribution is 0.578. The molecular formula is C11H21N7. The van der Waals surface area contributed by atoms with Gasteiger partial charge in [0.1, 0.15) is 0 Å². The number of nitrogens with one attached hydrogen (secondary N) is 1. The second-order valence-electron chi connectivity index (χ2n) is 4.76. The zero-order chi connectivity index (χ0) is 13.1. The average Bonchev–Trinajstić information content (AvgIpc) is 2.39. The monoisotopic (exact) mass is 251 g/mol. The van der Waals surface area contributed by atoms with Crippen molar-refractivity contribution in [3.63, 3.8) is 0 Å². The van der Waals surface area contributed by atoms with Gasteiger partial charge in [0.05, 0.1) is 0 Å². The van der Waals surface area contributed by atoms with Crippen LogP contribution in [0.1, 0.15) is 0 Å². The molecule has 1 saturated heterocycles. The number of nitrogens with zero attached hydrogens (tertiary/aromatic N) is 6. The Labute approximate surface area is 108 Å². The standard InChI is InChI=1S/C11H21N7/c1-16(2)9-13-10(17(3)4)15-11(14-9)18-7-5-12-6-8-18/h12H,5-8H2,1-4H3. The molecule has 100 valence electrons. The van der Waals surface area contributed by atoms with Crippen LogP contribution in [0.15, 0.2) is 0 Å². The van der Waals surface area contributed by atoms with Gasteiger partial charge in [-0.25, -0.2) is 0 Å². The van der Waals surface area contributed by atoms with Crippen molar-refractivity contribution in [2.45, 2.75) is 0 Å². The molecule has 0 unspecified atom stereocenters. The Bertz CT molecular complexity index is 372. The Morgan fingerprint density at radius 1 is 0.889 bits per heavy atom. The van der Waals surface area contributed by atoms with Crippen LogP contribution < -0.4 is 20.0 Å². The molecule has 0 aromatic carbocycles. The summed E-state index contributed by atoms with van der Waals surface area (Å²) in [7, 11) is 7.76. The third-order valence-electron chi connectivity index (χ3n) is 2.80. The summed E-state index contributed by atoms with van der Waals surface area (Å²) < 4.78 is 0. The molecule has 1 aliphatic rings. The molecule has 0 saturated carbocycles. The molecule has 1 fully saturated rings. The van der Waals surface area contributed by atoms with Gasteiger partial charge in [-0.1, -0.05) is 0 Å². The predicted molar refractivity (Wildman–Crippen MR) is 73.6 cm³/mol. The van der Waals surface area contributed by atoms with E-state index < -0.39 is 0 Å². The first-order valence-electron chi connectivity index (χ1n) is 6.14. The summed E-state index contributed by atoms with van der Waals surface area (Å²) in [5, 5.41) is 3.33. The van der Waals surface area contributed by atoms with Crippen molar-refractivity contribution < 1.29 is 0 Å². The number of hydrogen-bond donors (Lipinski definition) is 1. The molecule has 0 radical (unpaired) electrons. The van der Waals surface area contributed by atoms with Gasteiger partial charge in [-0.3, -0.25) is 0 Å². The Morgan fingerprint density at radius 3 is 1.83 bits per heavy atom. The molecule has 0 aliphatic carbocycles. The lowest BCUT2D eigenvalue weighted by atomic mass is 10.4. The normalized spacial score (nSPS) is 15.7. The third-order valence-corrected chi connectivity index (χ3v) is 2.80. The van der Waals surface area contributed by atoms with Gasteiger partial charge in [0, 0.05) is 54.4 Å². The van der Waals surface area contributed by atoms with Crippen LogP contribution in [0.2, 0.25) is 0 Å². The maximum Gasteiger partial charge on any atom is 0.232 e. The summed E-state index contributed by atoms with van der Waals surface area (Å²) >= 11 is 0. The minimum atomic E-state index is 0.697. The highest BCUT2D eigenvalue weighted by atomic mass is 15.4. The Kier molecular flexibility index (Phi) is 3.81. The lowest BCUT2D eigenvalue weighted by Gasteiger charge is -2.28. The van der Waals surface area contributed by atoms with Crippen LogP contribution in [0, 0.1) is 0 Å². The summed E-state index contributed by atoms with van der Waals surface area (Å²) in [6.45, 7) is 3.81. The van der Waals surface area contributed by atoms with Crippen molar-refractivity contribution in [2.24, 2.45) is 0 Å². The summed E-state index contributed by atoms with van der Waals surface area (Å²) in [5.74, 6) is 2.16. The second kappa shape index (κ2) is 5.34. The third kappa shape index (κ3) is 2.79. The van der Waals surface area contributed by atoms with Crippen molar-refractivity contribution in [3.8, 4) is 0 Å². The Balaban J connectivity index is 2.32. The van der Waals surface area contributed by atoms with Gasteiger partial charge in [0.2, 0.25) is 17.8 Å². The van der Waals surface area contributed by atoms with Gasteiger partial charge < -0.3 is 20.0 Å². The van der Waals surface area contributed by atoms with E-state index >= 15 is 0 Å². The average molecular weight is 251 g/mol. The highest BCUT2D eigenvalue weighted by molar-refractivity contribution is 5.45. The molecule has 1 aromatic rings. The van der Waals surface area contributed by atoms with Crippen LogP contribution in [-0.2, 0) is 0 Å². The SMILES string of the molecule is CN(C)c1nc(N(C)C)nc(N2CCNCC2)n1. The smallest absolute Gasteiger partial charge is 0.232 e. The first-order valence-corrected chi connectivity index (χ1v) is 6.14. The molecule has 0 spiro atoms. The molecule has 0 bridgehead atoms. The van der Waals surface area contributed by atoms with Gasteiger partial charge in [0.25, 0.3) is 0 Å². The molecule has 2 heterocycles. The van der Waals surface area contributed by atoms with E-state index in [4.69, 9.17) is 0 Å². The van der Waals surface area contributed by atoms with Crippen LogP contribution in [0.25, 0.3) is 0 Å². The van der Waals surface area contributed by atoms with Gasteiger partial charge in [-0.05, 0) is 0 Å². The lowest BCUT2D eigenvalue weighted by Crippen LogP contribution is -2.44. The zero-order valence-electron chi connectivity index (χ0n) is 11.5. The van der Waals surface area contributed by atoms with E-state index in [9.17, 15) is 0 Å². The molecule has 0 atom stereocenters. The molecule has 1 aliphatic heterocycles. The number of rotatable bonds is 3. The van der Waals surface area contributed by atoms with Crippen molar-refractivity contribution in [1.82, 2.24) is 20.3 Å². The topological polar surface area (TPSA) is 60.4 Å². The second-order valence-corrected chi connectivity index (χ2v) is 4.76. The minimum absolute atomic E-state index is 0.697. The predicted octanol–water partition coefficient (Wildman–Crippen LogP) is -0.587. The summed E-state index contributed by atoms with van der Waals surface area (Å²) in [4.78, 5) is 19.4. The van der Waals surface area contributed by atoms with Gasteiger partial charge >= 0.3 is 0 Å². The number of aromatic nitrogens is 3. The number of piperazine rings is 1. The van der Waals surface area contributed by atoms with Gasteiger partial charge in [-0.15, -0.1) is 0 Å². The minimum Gasteiger partial charge on any atom is -0.347 e.